The Morgan fingerprint density at radius 2 is 2.12 bits per heavy atom. The number of carboxylic acid groups (broad SMARTS) is 1. The van der Waals surface area contributed by atoms with Gasteiger partial charge in [-0.2, -0.15) is 0 Å². The molecule has 1 unspecified atom stereocenters. The third kappa shape index (κ3) is 4.54. The minimum Gasteiger partial charge on any atom is -0.480 e. The molecular formula is C12H15Cl2NO2. The quantitative estimate of drug-likeness (QED) is 0.837. The zero-order chi connectivity index (χ0) is 12.8. The number of nitrogens with one attached hydrogen (secondary N) is 1. The van der Waals surface area contributed by atoms with Gasteiger partial charge in [0.15, 0.2) is 0 Å². The number of halogens is 2. The van der Waals surface area contributed by atoms with Crippen LogP contribution in [0.5, 0.6) is 0 Å². The van der Waals surface area contributed by atoms with E-state index in [1.165, 1.54) is 0 Å². The largest absolute Gasteiger partial charge is 0.480 e. The van der Waals surface area contributed by atoms with Gasteiger partial charge < -0.3 is 10.4 Å². The molecule has 0 amide bonds. The molecule has 0 radical (unpaired) electrons. The van der Waals surface area contributed by atoms with Gasteiger partial charge in [0, 0.05) is 6.54 Å². The molecule has 17 heavy (non-hydrogen) atoms. The van der Waals surface area contributed by atoms with Gasteiger partial charge in [0.05, 0.1) is 10.0 Å². The van der Waals surface area contributed by atoms with Crippen LogP contribution in [0.15, 0.2) is 18.2 Å². The molecule has 0 aliphatic rings. The van der Waals surface area contributed by atoms with Gasteiger partial charge >= 0.3 is 5.97 Å². The van der Waals surface area contributed by atoms with Gasteiger partial charge in [-0.1, -0.05) is 42.6 Å². The zero-order valence-electron chi connectivity index (χ0n) is 9.54. The van der Waals surface area contributed by atoms with Crippen LogP contribution in [0.2, 0.25) is 10.0 Å². The van der Waals surface area contributed by atoms with Crippen LogP contribution >= 0.6 is 23.2 Å². The molecule has 0 spiro atoms. The molecule has 2 N–H and O–H groups in total. The molecule has 0 heterocycles. The Morgan fingerprint density at radius 3 is 2.65 bits per heavy atom. The van der Waals surface area contributed by atoms with Crippen molar-refractivity contribution in [3.05, 3.63) is 33.8 Å². The Morgan fingerprint density at radius 1 is 1.41 bits per heavy atom. The van der Waals surface area contributed by atoms with E-state index in [-0.39, 0.29) is 0 Å². The maximum Gasteiger partial charge on any atom is 0.320 e. The summed E-state index contributed by atoms with van der Waals surface area (Å²) in [7, 11) is 0. The van der Waals surface area contributed by atoms with E-state index in [0.717, 1.165) is 12.0 Å². The van der Waals surface area contributed by atoms with E-state index in [4.69, 9.17) is 28.3 Å². The molecule has 0 saturated carbocycles. The zero-order valence-corrected chi connectivity index (χ0v) is 11.1. The van der Waals surface area contributed by atoms with Crippen molar-refractivity contribution in [2.45, 2.75) is 32.4 Å². The van der Waals surface area contributed by atoms with Gasteiger partial charge in [0.25, 0.3) is 0 Å². The lowest BCUT2D eigenvalue weighted by molar-refractivity contribution is -0.139. The van der Waals surface area contributed by atoms with Crippen molar-refractivity contribution in [2.75, 3.05) is 0 Å². The number of carbonyl (C=O) groups is 1. The first-order valence-corrected chi connectivity index (χ1v) is 6.20. The minimum absolute atomic E-state index is 0.466. The first-order chi connectivity index (χ1) is 8.04. The van der Waals surface area contributed by atoms with Crippen LogP contribution in [0, 0.1) is 0 Å². The van der Waals surface area contributed by atoms with Crippen molar-refractivity contribution >= 4 is 29.2 Å². The van der Waals surface area contributed by atoms with Gasteiger partial charge in [0.2, 0.25) is 0 Å². The smallest absolute Gasteiger partial charge is 0.320 e. The standard InChI is InChI=1S/C12H15Cl2NO2/c1-2-3-11(12(16)17)15-7-8-4-5-9(13)10(14)6-8/h4-6,11,15H,2-3,7H2,1H3,(H,16,17). The fourth-order valence-corrected chi connectivity index (χ4v) is 1.81. The molecule has 0 aliphatic carbocycles. The van der Waals surface area contributed by atoms with Crippen LogP contribution in [0.1, 0.15) is 25.3 Å². The molecule has 5 heteroatoms. The van der Waals surface area contributed by atoms with Gasteiger partial charge in [-0.15, -0.1) is 0 Å². The van der Waals surface area contributed by atoms with Crippen LogP contribution in [0.25, 0.3) is 0 Å². The lowest BCUT2D eigenvalue weighted by Crippen LogP contribution is -2.35. The van der Waals surface area contributed by atoms with Crippen molar-refractivity contribution in [2.24, 2.45) is 0 Å². The van der Waals surface area contributed by atoms with Crippen molar-refractivity contribution < 1.29 is 9.90 Å². The van der Waals surface area contributed by atoms with E-state index in [2.05, 4.69) is 5.32 Å². The first-order valence-electron chi connectivity index (χ1n) is 5.44. The molecule has 0 fully saturated rings. The third-order valence-electron chi connectivity index (χ3n) is 2.41. The lowest BCUT2D eigenvalue weighted by Gasteiger charge is -2.13. The highest BCUT2D eigenvalue weighted by molar-refractivity contribution is 6.42. The normalized spacial score (nSPS) is 12.4. The summed E-state index contributed by atoms with van der Waals surface area (Å²) in [6.45, 7) is 2.42. The SMILES string of the molecule is CCCC(NCc1ccc(Cl)c(Cl)c1)C(=O)O. The number of hydrogen-bond acceptors (Lipinski definition) is 2. The van der Waals surface area contributed by atoms with E-state index >= 15 is 0 Å². The van der Waals surface area contributed by atoms with Gasteiger partial charge in [-0.05, 0) is 24.1 Å². The van der Waals surface area contributed by atoms with Crippen LogP contribution in [0.3, 0.4) is 0 Å². The van der Waals surface area contributed by atoms with Crippen molar-refractivity contribution in [3.8, 4) is 0 Å². The Hall–Kier alpha value is -0.770. The summed E-state index contributed by atoms with van der Waals surface area (Å²) in [5, 5.41) is 12.9. The molecule has 1 aromatic carbocycles. The van der Waals surface area contributed by atoms with Crippen molar-refractivity contribution in [1.82, 2.24) is 5.32 Å². The summed E-state index contributed by atoms with van der Waals surface area (Å²) in [6, 6.07) is 4.75. The Kier molecular flexibility index (Phi) is 5.75. The fraction of sp³-hybridized carbons (Fsp3) is 0.417. The molecule has 1 rings (SSSR count). The Labute approximate surface area is 111 Å². The third-order valence-corrected chi connectivity index (χ3v) is 3.15. The second kappa shape index (κ2) is 6.84. The summed E-state index contributed by atoms with van der Waals surface area (Å²) in [5.74, 6) is -0.827. The molecule has 94 valence electrons. The molecule has 0 bridgehead atoms. The molecule has 1 aromatic rings. The van der Waals surface area contributed by atoms with Crippen LogP contribution < -0.4 is 5.32 Å². The van der Waals surface area contributed by atoms with Crippen molar-refractivity contribution in [1.29, 1.82) is 0 Å². The number of rotatable bonds is 6. The average molecular weight is 276 g/mol. The van der Waals surface area contributed by atoms with Crippen LogP contribution in [-0.4, -0.2) is 17.1 Å². The Bertz CT molecular complexity index is 396. The maximum atomic E-state index is 10.9. The monoisotopic (exact) mass is 275 g/mol. The fourth-order valence-electron chi connectivity index (χ4n) is 1.49. The maximum absolute atomic E-state index is 10.9. The summed E-state index contributed by atoms with van der Waals surface area (Å²) in [6.07, 6.45) is 1.43. The van der Waals surface area contributed by atoms with E-state index in [0.29, 0.717) is 23.0 Å². The van der Waals surface area contributed by atoms with Gasteiger partial charge in [-0.3, -0.25) is 4.79 Å². The predicted octanol–water partition coefficient (Wildman–Crippen LogP) is 3.34. The molecule has 1 atom stereocenters. The van der Waals surface area contributed by atoms with Gasteiger partial charge in [0.1, 0.15) is 6.04 Å². The highest BCUT2D eigenvalue weighted by atomic mass is 35.5. The highest BCUT2D eigenvalue weighted by Crippen LogP contribution is 2.22. The number of carboxylic acids is 1. The summed E-state index contributed by atoms with van der Waals surface area (Å²) in [4.78, 5) is 10.9. The molecule has 0 aromatic heterocycles. The number of aliphatic carboxylic acids is 1. The second-order valence-electron chi connectivity index (χ2n) is 3.81. The van der Waals surface area contributed by atoms with E-state index < -0.39 is 12.0 Å². The topological polar surface area (TPSA) is 49.3 Å². The summed E-state index contributed by atoms with van der Waals surface area (Å²) >= 11 is 11.7. The summed E-state index contributed by atoms with van der Waals surface area (Å²) < 4.78 is 0. The van der Waals surface area contributed by atoms with E-state index in [1.807, 2.05) is 13.0 Å². The van der Waals surface area contributed by atoms with Crippen molar-refractivity contribution in [3.63, 3.8) is 0 Å². The predicted molar refractivity (Wildman–Crippen MR) is 69.6 cm³/mol. The molecule has 0 aliphatic heterocycles. The lowest BCUT2D eigenvalue weighted by atomic mass is 10.1. The highest BCUT2D eigenvalue weighted by Gasteiger charge is 2.15. The van der Waals surface area contributed by atoms with Crippen LogP contribution in [0.4, 0.5) is 0 Å². The second-order valence-corrected chi connectivity index (χ2v) is 4.62. The molecule has 0 saturated heterocycles. The Balaban J connectivity index is 2.59. The average Bonchev–Trinajstić information content (AvgIpc) is 2.28. The molecular weight excluding hydrogens is 261 g/mol. The van der Waals surface area contributed by atoms with E-state index in [9.17, 15) is 4.79 Å². The minimum atomic E-state index is -0.827. The summed E-state index contributed by atoms with van der Waals surface area (Å²) in [5.41, 5.74) is 0.918. The number of hydrogen-bond donors (Lipinski definition) is 2. The first kappa shape index (κ1) is 14.3. The number of benzene rings is 1. The van der Waals surface area contributed by atoms with Gasteiger partial charge in [-0.25, -0.2) is 0 Å². The van der Waals surface area contributed by atoms with Crippen LogP contribution in [-0.2, 0) is 11.3 Å². The van der Waals surface area contributed by atoms with E-state index in [1.54, 1.807) is 12.1 Å². The molecule has 3 nitrogen and oxygen atoms in total.